The first-order valence-corrected chi connectivity index (χ1v) is 8.43. The second-order valence-corrected chi connectivity index (χ2v) is 6.59. The van der Waals surface area contributed by atoms with Gasteiger partial charge in [-0.15, -0.1) is 0 Å². The van der Waals surface area contributed by atoms with Gasteiger partial charge in [-0.2, -0.15) is 0 Å². The van der Waals surface area contributed by atoms with Crippen LogP contribution in [0.1, 0.15) is 52.2 Å². The average Bonchev–Trinajstić information content (AvgIpc) is 2.42. The number of ether oxygens (including phenoxy) is 2. The molecule has 1 rings (SSSR count). The van der Waals surface area contributed by atoms with Gasteiger partial charge in [-0.25, -0.2) is 0 Å². The van der Waals surface area contributed by atoms with E-state index < -0.39 is 5.60 Å². The Morgan fingerprint density at radius 2 is 1.74 bits per heavy atom. The summed E-state index contributed by atoms with van der Waals surface area (Å²) < 4.78 is 11.4. The second-order valence-electron chi connectivity index (χ2n) is 6.59. The minimum Gasteiger partial charge on any atom is -0.493 e. The molecular formula is C19H31NO3. The van der Waals surface area contributed by atoms with Gasteiger partial charge in [0.05, 0.1) is 6.61 Å². The van der Waals surface area contributed by atoms with Gasteiger partial charge in [0.1, 0.15) is 11.4 Å². The van der Waals surface area contributed by atoms with Gasteiger partial charge in [0, 0.05) is 12.3 Å². The summed E-state index contributed by atoms with van der Waals surface area (Å²) in [5.41, 5.74) is 2.00. The lowest BCUT2D eigenvalue weighted by Crippen LogP contribution is -2.44. The Balaban J connectivity index is 2.99. The highest BCUT2D eigenvalue weighted by Gasteiger charge is 2.34. The molecule has 0 unspecified atom stereocenters. The quantitative estimate of drug-likeness (QED) is 0.768. The molecule has 0 heterocycles. The fourth-order valence-electron chi connectivity index (χ4n) is 2.97. The molecule has 0 aliphatic heterocycles. The third kappa shape index (κ3) is 5.24. The van der Waals surface area contributed by atoms with Crippen LogP contribution in [0.15, 0.2) is 12.1 Å². The van der Waals surface area contributed by atoms with E-state index in [9.17, 15) is 4.79 Å². The Morgan fingerprint density at radius 1 is 1.17 bits per heavy atom. The molecule has 0 aromatic heterocycles. The summed E-state index contributed by atoms with van der Waals surface area (Å²) in [7, 11) is 0. The molecule has 0 bridgehead atoms. The minimum atomic E-state index is -0.816. The zero-order chi connectivity index (χ0) is 17.6. The summed E-state index contributed by atoms with van der Waals surface area (Å²) in [6.45, 7) is 15.0. The molecule has 1 N–H and O–H groups in total. The fraction of sp³-hybridized carbons (Fsp3) is 0.632. The summed E-state index contributed by atoms with van der Waals surface area (Å²) in [5.74, 6) is 1.16. The van der Waals surface area contributed by atoms with Gasteiger partial charge in [-0.3, -0.25) is 4.79 Å². The molecule has 4 nitrogen and oxygen atoms in total. The maximum atomic E-state index is 12.7. The number of hydrogen-bond donors (Lipinski definition) is 1. The van der Waals surface area contributed by atoms with E-state index in [-0.39, 0.29) is 5.91 Å². The number of amides is 1. The van der Waals surface area contributed by atoms with Gasteiger partial charge in [0.25, 0.3) is 5.91 Å². The highest BCUT2D eigenvalue weighted by Crippen LogP contribution is 2.29. The van der Waals surface area contributed by atoms with E-state index in [0.717, 1.165) is 22.6 Å². The van der Waals surface area contributed by atoms with Crippen LogP contribution in [0.5, 0.6) is 5.75 Å². The smallest absolute Gasteiger partial charge is 0.256 e. The third-order valence-corrected chi connectivity index (χ3v) is 3.75. The molecule has 1 atom stereocenters. The van der Waals surface area contributed by atoms with Crippen molar-refractivity contribution in [1.29, 1.82) is 0 Å². The summed E-state index contributed by atoms with van der Waals surface area (Å²) in [4.78, 5) is 12.7. The monoisotopic (exact) mass is 321 g/mol. The molecule has 1 aromatic rings. The lowest BCUT2D eigenvalue weighted by Gasteiger charge is -2.30. The van der Waals surface area contributed by atoms with Crippen LogP contribution in [0.4, 0.5) is 5.69 Å². The average molecular weight is 321 g/mol. The van der Waals surface area contributed by atoms with E-state index in [2.05, 4.69) is 19.2 Å². The maximum absolute atomic E-state index is 12.7. The van der Waals surface area contributed by atoms with Gasteiger partial charge >= 0.3 is 0 Å². The molecule has 1 aromatic carbocycles. The van der Waals surface area contributed by atoms with Gasteiger partial charge in [0.15, 0.2) is 0 Å². The Kier molecular flexibility index (Phi) is 7.07. The van der Waals surface area contributed by atoms with Crippen molar-refractivity contribution in [3.05, 3.63) is 23.3 Å². The maximum Gasteiger partial charge on any atom is 0.256 e. The molecule has 0 spiro atoms. The van der Waals surface area contributed by atoms with E-state index in [0.29, 0.717) is 25.6 Å². The number of rotatable bonds is 8. The molecule has 4 heteroatoms. The molecule has 130 valence electrons. The van der Waals surface area contributed by atoms with E-state index in [1.54, 1.807) is 0 Å². The molecule has 23 heavy (non-hydrogen) atoms. The highest BCUT2D eigenvalue weighted by molar-refractivity contribution is 5.97. The Hall–Kier alpha value is -1.55. The van der Waals surface area contributed by atoms with Crippen LogP contribution < -0.4 is 10.1 Å². The Morgan fingerprint density at radius 3 is 2.17 bits per heavy atom. The van der Waals surface area contributed by atoms with Crippen molar-refractivity contribution in [1.82, 2.24) is 0 Å². The molecule has 0 aliphatic rings. The zero-order valence-corrected chi connectivity index (χ0v) is 15.6. The number of carbonyl (C=O) groups is 1. The van der Waals surface area contributed by atoms with Gasteiger partial charge in [-0.05, 0) is 70.2 Å². The second kappa shape index (κ2) is 8.34. The lowest BCUT2D eigenvalue weighted by atomic mass is 9.93. The molecular weight excluding hydrogens is 290 g/mol. The van der Waals surface area contributed by atoms with Gasteiger partial charge in [-0.1, -0.05) is 13.8 Å². The largest absolute Gasteiger partial charge is 0.493 e. The van der Waals surface area contributed by atoms with Crippen molar-refractivity contribution >= 4 is 11.6 Å². The summed E-state index contributed by atoms with van der Waals surface area (Å²) in [6, 6.07) is 3.88. The molecule has 1 amide bonds. The number of nitrogens with one attached hydrogen (secondary N) is 1. The first-order chi connectivity index (χ1) is 10.7. The minimum absolute atomic E-state index is 0.101. The highest BCUT2D eigenvalue weighted by atomic mass is 16.5. The van der Waals surface area contributed by atoms with E-state index in [4.69, 9.17) is 9.47 Å². The van der Waals surface area contributed by atoms with Crippen LogP contribution in [-0.4, -0.2) is 24.7 Å². The number of aryl methyl sites for hydroxylation is 2. The predicted octanol–water partition coefficient (Wildman–Crippen LogP) is 4.48. The summed E-state index contributed by atoms with van der Waals surface area (Å²) in [5, 5.41) is 3.00. The van der Waals surface area contributed by atoms with Crippen LogP contribution in [-0.2, 0) is 9.53 Å². The number of hydrogen-bond acceptors (Lipinski definition) is 3. The van der Waals surface area contributed by atoms with Crippen LogP contribution in [0.25, 0.3) is 0 Å². The SMILES string of the molecule is CCOc1c(C)cc(NC(=O)[C@@](C)(CC(C)C)OCC)cc1C. The van der Waals surface area contributed by atoms with Crippen molar-refractivity contribution in [2.75, 3.05) is 18.5 Å². The van der Waals surface area contributed by atoms with Crippen molar-refractivity contribution in [3.8, 4) is 5.75 Å². The predicted molar refractivity (Wildman–Crippen MR) is 95.2 cm³/mol. The number of anilines is 1. The Labute approximate surface area is 140 Å². The van der Waals surface area contributed by atoms with Crippen LogP contribution in [0, 0.1) is 19.8 Å². The van der Waals surface area contributed by atoms with E-state index in [1.165, 1.54) is 0 Å². The first kappa shape index (κ1) is 19.5. The third-order valence-electron chi connectivity index (χ3n) is 3.75. The van der Waals surface area contributed by atoms with Crippen LogP contribution >= 0.6 is 0 Å². The molecule has 0 saturated heterocycles. The van der Waals surface area contributed by atoms with E-state index in [1.807, 2.05) is 46.8 Å². The standard InChI is InChI=1S/C19H31NO3/c1-8-22-17-14(5)10-16(11-15(17)6)20-18(21)19(7,23-9-2)12-13(3)4/h10-11,13H,8-9,12H2,1-7H3,(H,20,21)/t19-/m1/s1. The molecule has 0 radical (unpaired) electrons. The van der Waals surface area contributed by atoms with E-state index >= 15 is 0 Å². The van der Waals surface area contributed by atoms with Gasteiger partial charge in [0.2, 0.25) is 0 Å². The zero-order valence-electron chi connectivity index (χ0n) is 15.6. The van der Waals surface area contributed by atoms with Crippen molar-refractivity contribution < 1.29 is 14.3 Å². The lowest BCUT2D eigenvalue weighted by molar-refractivity contribution is -0.140. The normalized spacial score (nSPS) is 13.7. The Bertz CT molecular complexity index is 516. The van der Waals surface area contributed by atoms with Crippen molar-refractivity contribution in [2.45, 2.75) is 60.5 Å². The van der Waals surface area contributed by atoms with Crippen molar-refractivity contribution in [3.63, 3.8) is 0 Å². The first-order valence-electron chi connectivity index (χ1n) is 8.43. The number of benzene rings is 1. The van der Waals surface area contributed by atoms with Gasteiger partial charge < -0.3 is 14.8 Å². The molecule has 0 fully saturated rings. The fourth-order valence-corrected chi connectivity index (χ4v) is 2.97. The van der Waals surface area contributed by atoms with Crippen LogP contribution in [0.3, 0.4) is 0 Å². The number of carbonyl (C=O) groups excluding carboxylic acids is 1. The van der Waals surface area contributed by atoms with Crippen LogP contribution in [0.2, 0.25) is 0 Å². The van der Waals surface area contributed by atoms with Crippen molar-refractivity contribution in [2.24, 2.45) is 5.92 Å². The summed E-state index contributed by atoms with van der Waals surface area (Å²) >= 11 is 0. The topological polar surface area (TPSA) is 47.6 Å². The summed E-state index contributed by atoms with van der Waals surface area (Å²) in [6.07, 6.45) is 0.682. The molecule has 0 aliphatic carbocycles. The molecule has 0 saturated carbocycles.